The quantitative estimate of drug-likeness (QED) is 0.549. The van der Waals surface area contributed by atoms with Crippen LogP contribution in [-0.2, 0) is 9.53 Å². The Kier molecular flexibility index (Phi) is 7.17. The van der Waals surface area contributed by atoms with Gasteiger partial charge in [0, 0.05) is 5.69 Å². The minimum atomic E-state index is -0.876. The number of rotatable bonds is 7. The summed E-state index contributed by atoms with van der Waals surface area (Å²) < 4.78 is 5.56. The van der Waals surface area contributed by atoms with Crippen LogP contribution in [0.25, 0.3) is 0 Å². The number of ketones is 1. The Labute approximate surface area is 160 Å². The van der Waals surface area contributed by atoms with Crippen molar-refractivity contribution in [2.24, 2.45) is 5.92 Å². The first-order valence-electron chi connectivity index (χ1n) is 7.94. The first-order valence-corrected chi connectivity index (χ1v) is 9.14. The molecule has 2 aromatic rings. The lowest BCUT2D eigenvalue weighted by Crippen LogP contribution is -2.47. The molecule has 0 aliphatic rings. The van der Waals surface area contributed by atoms with E-state index < -0.39 is 24.6 Å². The lowest BCUT2D eigenvalue weighted by Gasteiger charge is -2.20. The van der Waals surface area contributed by atoms with Crippen molar-refractivity contribution in [1.29, 1.82) is 0 Å². The largest absolute Gasteiger partial charge is 0.456 e. The van der Waals surface area contributed by atoms with Gasteiger partial charge in [0.2, 0.25) is 5.78 Å². The molecule has 1 aromatic carbocycles. The highest BCUT2D eigenvalue weighted by Crippen LogP contribution is 2.21. The third kappa shape index (κ3) is 5.86. The van der Waals surface area contributed by atoms with Crippen molar-refractivity contribution in [3.8, 4) is 0 Å². The van der Waals surface area contributed by atoms with E-state index in [-0.39, 0.29) is 11.7 Å². The van der Waals surface area contributed by atoms with E-state index >= 15 is 0 Å². The second-order valence-electron chi connectivity index (χ2n) is 5.82. The van der Waals surface area contributed by atoms with Crippen molar-refractivity contribution < 1.29 is 19.1 Å². The zero-order chi connectivity index (χ0) is 19.1. The fourth-order valence-electron chi connectivity index (χ4n) is 2.09. The van der Waals surface area contributed by atoms with Gasteiger partial charge in [0.1, 0.15) is 6.04 Å². The molecule has 1 aromatic heterocycles. The van der Waals surface area contributed by atoms with E-state index in [0.29, 0.717) is 14.9 Å². The van der Waals surface area contributed by atoms with Crippen LogP contribution in [0.4, 0.5) is 10.5 Å². The molecule has 0 saturated carbocycles. The average Bonchev–Trinajstić information content (AvgIpc) is 3.04. The van der Waals surface area contributed by atoms with E-state index in [4.69, 9.17) is 16.3 Å². The zero-order valence-corrected chi connectivity index (χ0v) is 15.9. The predicted molar refractivity (Wildman–Crippen MR) is 102 cm³/mol. The van der Waals surface area contributed by atoms with Gasteiger partial charge in [-0.25, -0.2) is 9.59 Å². The Bertz CT molecular complexity index is 777. The maximum absolute atomic E-state index is 12.3. The number of nitrogens with one attached hydrogen (secondary N) is 2. The van der Waals surface area contributed by atoms with Crippen molar-refractivity contribution in [3.05, 3.63) is 51.7 Å². The van der Waals surface area contributed by atoms with Gasteiger partial charge in [-0.05, 0) is 30.2 Å². The molecule has 2 N–H and O–H groups in total. The molecule has 8 heteroatoms. The number of para-hydroxylation sites is 1. The van der Waals surface area contributed by atoms with Gasteiger partial charge in [-0.3, -0.25) is 4.79 Å². The maximum Gasteiger partial charge on any atom is 0.329 e. The van der Waals surface area contributed by atoms with Crippen molar-refractivity contribution >= 4 is 46.4 Å². The van der Waals surface area contributed by atoms with Crippen LogP contribution in [0.2, 0.25) is 4.34 Å². The number of hydrogen-bond donors (Lipinski definition) is 2. The first-order chi connectivity index (χ1) is 12.4. The number of hydrogen-bond acceptors (Lipinski definition) is 5. The van der Waals surface area contributed by atoms with Crippen LogP contribution >= 0.6 is 22.9 Å². The van der Waals surface area contributed by atoms with Crippen LogP contribution in [0.5, 0.6) is 0 Å². The number of urea groups is 1. The summed E-state index contributed by atoms with van der Waals surface area (Å²) in [7, 11) is 0. The molecule has 0 radical (unpaired) electrons. The lowest BCUT2D eigenvalue weighted by atomic mass is 10.1. The van der Waals surface area contributed by atoms with E-state index in [1.807, 2.05) is 6.07 Å². The topological polar surface area (TPSA) is 84.5 Å². The summed E-state index contributed by atoms with van der Waals surface area (Å²) in [6.45, 7) is 3.14. The van der Waals surface area contributed by atoms with Gasteiger partial charge >= 0.3 is 12.0 Å². The smallest absolute Gasteiger partial charge is 0.329 e. The van der Waals surface area contributed by atoms with Gasteiger partial charge in [0.05, 0.1) is 9.21 Å². The second-order valence-corrected chi connectivity index (χ2v) is 7.54. The number of Topliss-reactive ketones (excluding diaryl/α,β-unsaturated/α-hetero) is 1. The number of anilines is 1. The minimum absolute atomic E-state index is 0.213. The number of esters is 1. The molecule has 26 heavy (non-hydrogen) atoms. The summed E-state index contributed by atoms with van der Waals surface area (Å²) in [5.74, 6) is -1.22. The first kappa shape index (κ1) is 19.9. The number of halogens is 1. The summed E-state index contributed by atoms with van der Waals surface area (Å²) in [4.78, 5) is 36.8. The Hall–Kier alpha value is -2.38. The average molecular weight is 395 g/mol. The van der Waals surface area contributed by atoms with Crippen LogP contribution in [0.3, 0.4) is 0 Å². The van der Waals surface area contributed by atoms with Gasteiger partial charge in [0.25, 0.3) is 0 Å². The molecular weight excluding hydrogens is 376 g/mol. The monoisotopic (exact) mass is 394 g/mol. The third-order valence-electron chi connectivity index (χ3n) is 3.43. The fourth-order valence-corrected chi connectivity index (χ4v) is 3.06. The molecule has 1 heterocycles. The lowest BCUT2D eigenvalue weighted by molar-refractivity contribution is -0.145. The molecule has 6 nitrogen and oxygen atoms in total. The van der Waals surface area contributed by atoms with Crippen LogP contribution in [0.1, 0.15) is 23.5 Å². The van der Waals surface area contributed by atoms with Crippen molar-refractivity contribution in [3.63, 3.8) is 0 Å². The Balaban J connectivity index is 1.90. The highest BCUT2D eigenvalue weighted by molar-refractivity contribution is 7.18. The molecule has 0 aliphatic carbocycles. The maximum atomic E-state index is 12.3. The molecule has 138 valence electrons. The van der Waals surface area contributed by atoms with Crippen LogP contribution in [-0.4, -0.2) is 30.4 Å². The molecule has 0 bridgehead atoms. The van der Waals surface area contributed by atoms with E-state index in [0.717, 1.165) is 11.3 Å². The van der Waals surface area contributed by atoms with E-state index in [2.05, 4.69) is 10.6 Å². The minimum Gasteiger partial charge on any atom is -0.456 e. The summed E-state index contributed by atoms with van der Waals surface area (Å²) in [5.41, 5.74) is 0.602. The van der Waals surface area contributed by atoms with Gasteiger partial charge < -0.3 is 15.4 Å². The van der Waals surface area contributed by atoms with Gasteiger partial charge in [-0.1, -0.05) is 43.6 Å². The SMILES string of the molecule is CC(C)[C@H](NC(=O)Nc1ccccc1)C(=O)OCC(=O)c1ccc(Cl)s1. The number of carbonyl (C=O) groups is 3. The number of ether oxygens (including phenoxy) is 1. The molecule has 0 aliphatic heterocycles. The standard InChI is InChI=1S/C18H19ClN2O4S/c1-11(2)16(21-18(24)20-12-6-4-3-5-7-12)17(23)25-10-13(22)14-8-9-15(19)26-14/h3-9,11,16H,10H2,1-2H3,(H2,20,21,24)/t16-/m0/s1. The third-order valence-corrected chi connectivity index (χ3v) is 4.70. The van der Waals surface area contributed by atoms with Gasteiger partial charge in [-0.2, -0.15) is 0 Å². The highest BCUT2D eigenvalue weighted by Gasteiger charge is 2.26. The van der Waals surface area contributed by atoms with Crippen LogP contribution < -0.4 is 10.6 Å². The molecule has 2 amide bonds. The second kappa shape index (κ2) is 9.35. The van der Waals surface area contributed by atoms with E-state index in [1.165, 1.54) is 0 Å². The molecule has 0 unspecified atom stereocenters. The number of amides is 2. The van der Waals surface area contributed by atoms with Crippen molar-refractivity contribution in [1.82, 2.24) is 5.32 Å². The van der Waals surface area contributed by atoms with Gasteiger partial charge in [-0.15, -0.1) is 11.3 Å². The predicted octanol–water partition coefficient (Wildman–Crippen LogP) is 3.97. The van der Waals surface area contributed by atoms with E-state index in [9.17, 15) is 14.4 Å². The molecule has 0 spiro atoms. The van der Waals surface area contributed by atoms with Crippen molar-refractivity contribution in [2.45, 2.75) is 19.9 Å². The summed E-state index contributed by atoms with van der Waals surface area (Å²) in [5, 5.41) is 5.22. The molecule has 2 rings (SSSR count). The zero-order valence-electron chi connectivity index (χ0n) is 14.3. The van der Waals surface area contributed by atoms with Crippen LogP contribution in [0.15, 0.2) is 42.5 Å². The molecular formula is C18H19ClN2O4S. The number of carbonyl (C=O) groups excluding carboxylic acids is 3. The van der Waals surface area contributed by atoms with Crippen LogP contribution in [0, 0.1) is 5.92 Å². The molecule has 0 saturated heterocycles. The molecule has 0 fully saturated rings. The Morgan fingerprint density at radius 2 is 1.81 bits per heavy atom. The summed E-state index contributed by atoms with van der Waals surface area (Å²) >= 11 is 6.91. The normalized spacial score (nSPS) is 11.7. The Morgan fingerprint density at radius 3 is 2.38 bits per heavy atom. The summed E-state index contributed by atoms with van der Waals surface area (Å²) in [6.07, 6.45) is 0. The Morgan fingerprint density at radius 1 is 1.12 bits per heavy atom. The number of benzene rings is 1. The van der Waals surface area contributed by atoms with Gasteiger partial charge in [0.15, 0.2) is 6.61 Å². The highest BCUT2D eigenvalue weighted by atomic mass is 35.5. The summed E-state index contributed by atoms with van der Waals surface area (Å²) in [6, 6.07) is 10.6. The fraction of sp³-hybridized carbons (Fsp3) is 0.278. The van der Waals surface area contributed by atoms with Crippen molar-refractivity contribution in [2.75, 3.05) is 11.9 Å². The number of thiophene rings is 1. The van der Waals surface area contributed by atoms with E-state index in [1.54, 1.807) is 50.2 Å². The molecule has 1 atom stereocenters.